The van der Waals surface area contributed by atoms with E-state index < -0.39 is 0 Å². The smallest absolute Gasteiger partial charge is 0.218 e. The lowest BCUT2D eigenvalue weighted by Crippen LogP contribution is -2.52. The van der Waals surface area contributed by atoms with Gasteiger partial charge in [-0.1, -0.05) is 6.07 Å². The summed E-state index contributed by atoms with van der Waals surface area (Å²) >= 11 is 0. The first-order chi connectivity index (χ1) is 8.62. The molecule has 0 amide bonds. The second-order valence-corrected chi connectivity index (χ2v) is 5.67. The quantitative estimate of drug-likeness (QED) is 0.821. The third-order valence-corrected chi connectivity index (χ3v) is 4.38. The fraction of sp³-hybridized carbons (Fsp3) is 0.643. The fourth-order valence-corrected chi connectivity index (χ4v) is 3.10. The molecule has 2 N–H and O–H groups in total. The zero-order valence-corrected chi connectivity index (χ0v) is 11.1. The number of nitrogens with two attached hydrogens (primary N) is 1. The standard InChI is InChI=1S/C14H21N3O/c1-10(2)17-8-5-14(6-9-17)12(15)11-4-3-7-16-13(11)18-14/h3-4,7,10,12H,5-6,8-9,15H2,1-2H3/t12-/m0/s1. The Hall–Kier alpha value is -1.13. The molecule has 1 aromatic rings. The molecule has 1 saturated heterocycles. The van der Waals surface area contributed by atoms with Gasteiger partial charge in [0, 0.05) is 43.7 Å². The van der Waals surface area contributed by atoms with Gasteiger partial charge >= 0.3 is 0 Å². The van der Waals surface area contributed by atoms with E-state index in [-0.39, 0.29) is 11.6 Å². The second kappa shape index (κ2) is 4.21. The van der Waals surface area contributed by atoms with Crippen molar-refractivity contribution in [3.63, 3.8) is 0 Å². The number of nitrogens with zero attached hydrogens (tertiary/aromatic N) is 2. The van der Waals surface area contributed by atoms with E-state index in [2.05, 4.69) is 23.7 Å². The van der Waals surface area contributed by atoms with Crippen LogP contribution in [-0.4, -0.2) is 34.6 Å². The van der Waals surface area contributed by atoms with Crippen molar-refractivity contribution >= 4 is 0 Å². The highest BCUT2D eigenvalue weighted by atomic mass is 16.5. The molecular formula is C14H21N3O. The minimum atomic E-state index is -0.220. The van der Waals surface area contributed by atoms with Gasteiger partial charge in [0.2, 0.25) is 5.88 Å². The van der Waals surface area contributed by atoms with Gasteiger partial charge in [-0.3, -0.25) is 0 Å². The van der Waals surface area contributed by atoms with E-state index >= 15 is 0 Å². The molecule has 0 unspecified atom stereocenters. The summed E-state index contributed by atoms with van der Waals surface area (Å²) in [5.74, 6) is 0.739. The van der Waals surface area contributed by atoms with Crippen molar-refractivity contribution in [2.45, 2.75) is 44.4 Å². The molecule has 0 bridgehead atoms. The summed E-state index contributed by atoms with van der Waals surface area (Å²) in [6.45, 7) is 6.59. The van der Waals surface area contributed by atoms with Gasteiger partial charge in [-0.15, -0.1) is 0 Å². The van der Waals surface area contributed by atoms with Crippen LogP contribution >= 0.6 is 0 Å². The summed E-state index contributed by atoms with van der Waals surface area (Å²) in [6, 6.07) is 4.54. The molecule has 3 rings (SSSR count). The van der Waals surface area contributed by atoms with E-state index in [1.165, 1.54) is 0 Å². The van der Waals surface area contributed by atoms with Crippen molar-refractivity contribution < 1.29 is 4.74 Å². The molecule has 1 aromatic heterocycles. The molecule has 2 aliphatic rings. The topological polar surface area (TPSA) is 51.4 Å². The van der Waals surface area contributed by atoms with E-state index in [1.54, 1.807) is 6.20 Å². The Labute approximate surface area is 108 Å². The van der Waals surface area contributed by atoms with Crippen LogP contribution in [0, 0.1) is 0 Å². The molecule has 1 fully saturated rings. The summed E-state index contributed by atoms with van der Waals surface area (Å²) in [5, 5.41) is 0. The van der Waals surface area contributed by atoms with E-state index in [4.69, 9.17) is 10.5 Å². The van der Waals surface area contributed by atoms with Crippen LogP contribution in [0.4, 0.5) is 0 Å². The van der Waals surface area contributed by atoms with Gasteiger partial charge in [-0.05, 0) is 19.9 Å². The molecule has 0 saturated carbocycles. The second-order valence-electron chi connectivity index (χ2n) is 5.67. The van der Waals surface area contributed by atoms with Crippen LogP contribution < -0.4 is 10.5 Å². The molecule has 98 valence electrons. The van der Waals surface area contributed by atoms with Crippen molar-refractivity contribution in [2.75, 3.05) is 13.1 Å². The zero-order chi connectivity index (χ0) is 12.8. The largest absolute Gasteiger partial charge is 0.469 e. The van der Waals surface area contributed by atoms with Crippen LogP contribution in [0.5, 0.6) is 5.88 Å². The minimum absolute atomic E-state index is 0.0319. The van der Waals surface area contributed by atoms with Crippen LogP contribution in [0.1, 0.15) is 38.3 Å². The third-order valence-electron chi connectivity index (χ3n) is 4.38. The molecular weight excluding hydrogens is 226 g/mol. The minimum Gasteiger partial charge on any atom is -0.469 e. The molecule has 18 heavy (non-hydrogen) atoms. The highest BCUT2D eigenvalue weighted by molar-refractivity contribution is 5.37. The summed E-state index contributed by atoms with van der Waals surface area (Å²) in [7, 11) is 0. The van der Waals surface area contributed by atoms with Crippen LogP contribution in [0.3, 0.4) is 0 Å². The van der Waals surface area contributed by atoms with Crippen LogP contribution in [0.2, 0.25) is 0 Å². The van der Waals surface area contributed by atoms with Crippen molar-refractivity contribution in [3.05, 3.63) is 23.9 Å². The maximum absolute atomic E-state index is 6.39. The average molecular weight is 247 g/mol. The Morgan fingerprint density at radius 2 is 2.17 bits per heavy atom. The number of hydrogen-bond donors (Lipinski definition) is 1. The number of rotatable bonds is 1. The zero-order valence-electron chi connectivity index (χ0n) is 11.1. The molecule has 1 spiro atoms. The first kappa shape index (κ1) is 11.9. The maximum atomic E-state index is 6.39. The van der Waals surface area contributed by atoms with E-state index in [9.17, 15) is 0 Å². The van der Waals surface area contributed by atoms with E-state index in [0.29, 0.717) is 6.04 Å². The van der Waals surface area contributed by atoms with Gasteiger partial charge in [-0.25, -0.2) is 4.98 Å². The molecule has 0 aliphatic carbocycles. The molecule has 2 aliphatic heterocycles. The summed E-state index contributed by atoms with van der Waals surface area (Å²) in [6.07, 6.45) is 3.75. The van der Waals surface area contributed by atoms with Crippen molar-refractivity contribution in [1.29, 1.82) is 0 Å². The molecule has 0 aromatic carbocycles. The Kier molecular flexibility index (Phi) is 2.79. The summed E-state index contributed by atoms with van der Waals surface area (Å²) < 4.78 is 6.11. The van der Waals surface area contributed by atoms with Gasteiger partial charge in [0.15, 0.2) is 0 Å². The van der Waals surface area contributed by atoms with Gasteiger partial charge in [0.25, 0.3) is 0 Å². The van der Waals surface area contributed by atoms with Crippen molar-refractivity contribution in [1.82, 2.24) is 9.88 Å². The Balaban J connectivity index is 1.80. The monoisotopic (exact) mass is 247 g/mol. The number of aromatic nitrogens is 1. The number of fused-ring (bicyclic) bond motifs is 1. The molecule has 3 heterocycles. The normalized spacial score (nSPS) is 26.3. The molecule has 1 atom stereocenters. The lowest BCUT2D eigenvalue weighted by atomic mass is 9.83. The number of hydrogen-bond acceptors (Lipinski definition) is 4. The van der Waals surface area contributed by atoms with Crippen LogP contribution in [0.15, 0.2) is 18.3 Å². The van der Waals surface area contributed by atoms with Crippen molar-refractivity contribution in [2.24, 2.45) is 5.73 Å². The van der Waals surface area contributed by atoms with Crippen molar-refractivity contribution in [3.8, 4) is 5.88 Å². The SMILES string of the molecule is CC(C)N1CCC2(CC1)Oc1ncccc1[C@@H]2N. The number of piperidine rings is 1. The predicted octanol–water partition coefficient (Wildman–Crippen LogP) is 1.72. The Morgan fingerprint density at radius 1 is 1.44 bits per heavy atom. The van der Waals surface area contributed by atoms with E-state index in [1.807, 2.05) is 12.1 Å². The third kappa shape index (κ3) is 1.71. The van der Waals surface area contributed by atoms with E-state index in [0.717, 1.165) is 37.4 Å². The lowest BCUT2D eigenvalue weighted by molar-refractivity contribution is -0.00910. The van der Waals surface area contributed by atoms with Crippen LogP contribution in [-0.2, 0) is 0 Å². The molecule has 4 heteroatoms. The number of ether oxygens (including phenoxy) is 1. The van der Waals surface area contributed by atoms with Crippen LogP contribution in [0.25, 0.3) is 0 Å². The predicted molar refractivity (Wildman–Crippen MR) is 70.5 cm³/mol. The molecule has 4 nitrogen and oxygen atoms in total. The lowest BCUT2D eigenvalue weighted by Gasteiger charge is -2.42. The van der Waals surface area contributed by atoms with Gasteiger partial charge in [0.05, 0.1) is 6.04 Å². The maximum Gasteiger partial charge on any atom is 0.218 e. The Morgan fingerprint density at radius 3 is 2.78 bits per heavy atom. The van der Waals surface area contributed by atoms with Gasteiger partial charge in [-0.2, -0.15) is 0 Å². The number of pyridine rings is 1. The summed E-state index contributed by atoms with van der Waals surface area (Å²) in [5.41, 5.74) is 7.24. The highest BCUT2D eigenvalue weighted by Crippen LogP contribution is 2.45. The van der Waals surface area contributed by atoms with Gasteiger partial charge < -0.3 is 15.4 Å². The summed E-state index contributed by atoms with van der Waals surface area (Å²) in [4.78, 5) is 6.78. The molecule has 0 radical (unpaired) electrons. The Bertz CT molecular complexity index is 438. The number of likely N-dealkylation sites (tertiary alicyclic amines) is 1. The first-order valence-corrected chi connectivity index (χ1v) is 6.76. The highest BCUT2D eigenvalue weighted by Gasteiger charge is 2.49. The first-order valence-electron chi connectivity index (χ1n) is 6.76. The fourth-order valence-electron chi connectivity index (χ4n) is 3.10. The average Bonchev–Trinajstić information content (AvgIpc) is 2.64. The van der Waals surface area contributed by atoms with Gasteiger partial charge in [0.1, 0.15) is 5.60 Å².